The molecule has 20 heavy (non-hydrogen) atoms. The smallest absolute Gasteiger partial charge is 0.295 e. The number of benzene rings is 2. The Kier molecular flexibility index (Phi) is 6.03. The highest BCUT2D eigenvalue weighted by Gasteiger charge is 2.15. The van der Waals surface area contributed by atoms with Gasteiger partial charge in [0.05, 0.1) is 4.92 Å². The Balaban J connectivity index is 0.000000956. The molecule has 106 valence electrons. The van der Waals surface area contributed by atoms with E-state index < -0.39 is 4.92 Å². The Labute approximate surface area is 118 Å². The van der Waals surface area contributed by atoms with E-state index in [1.165, 1.54) is 6.07 Å². The molecule has 2 aromatic rings. The van der Waals surface area contributed by atoms with Crippen LogP contribution >= 0.6 is 0 Å². The SMILES string of the molecule is CC.Nc1c(OCc2ccccc2)cccc1[N+](=O)[O-]. The molecule has 5 nitrogen and oxygen atoms in total. The van der Waals surface area contributed by atoms with Crippen molar-refractivity contribution in [1.29, 1.82) is 0 Å². The second kappa shape index (κ2) is 7.78. The third kappa shape index (κ3) is 3.98. The van der Waals surface area contributed by atoms with Crippen molar-refractivity contribution in [2.45, 2.75) is 20.5 Å². The van der Waals surface area contributed by atoms with E-state index in [9.17, 15) is 10.1 Å². The summed E-state index contributed by atoms with van der Waals surface area (Å²) in [6.45, 7) is 4.33. The predicted molar refractivity (Wildman–Crippen MR) is 79.6 cm³/mol. The van der Waals surface area contributed by atoms with Crippen molar-refractivity contribution < 1.29 is 9.66 Å². The van der Waals surface area contributed by atoms with E-state index in [-0.39, 0.29) is 11.4 Å². The summed E-state index contributed by atoms with van der Waals surface area (Å²) in [5.74, 6) is 0.327. The van der Waals surface area contributed by atoms with Crippen molar-refractivity contribution in [1.82, 2.24) is 0 Å². The molecule has 0 atom stereocenters. The Bertz CT molecular complexity index is 556. The molecule has 0 amide bonds. The zero-order valence-electron chi connectivity index (χ0n) is 11.6. The average Bonchev–Trinajstić information content (AvgIpc) is 2.49. The Morgan fingerprint density at radius 2 is 1.75 bits per heavy atom. The molecule has 2 aromatic carbocycles. The van der Waals surface area contributed by atoms with E-state index in [0.717, 1.165) is 5.56 Å². The first-order valence-electron chi connectivity index (χ1n) is 6.38. The van der Waals surface area contributed by atoms with E-state index in [0.29, 0.717) is 12.4 Å². The minimum atomic E-state index is -0.523. The van der Waals surface area contributed by atoms with Gasteiger partial charge in [0, 0.05) is 6.07 Å². The van der Waals surface area contributed by atoms with Gasteiger partial charge in [0.2, 0.25) is 0 Å². The van der Waals surface area contributed by atoms with Gasteiger partial charge in [-0.15, -0.1) is 0 Å². The fourth-order valence-corrected chi connectivity index (χ4v) is 1.55. The summed E-state index contributed by atoms with van der Waals surface area (Å²) in [4.78, 5) is 10.2. The third-order valence-corrected chi connectivity index (χ3v) is 2.48. The van der Waals surface area contributed by atoms with E-state index in [4.69, 9.17) is 10.5 Å². The predicted octanol–water partition coefficient (Wildman–Crippen LogP) is 3.78. The van der Waals surface area contributed by atoms with Crippen LogP contribution in [0.15, 0.2) is 48.5 Å². The van der Waals surface area contributed by atoms with E-state index in [1.807, 2.05) is 44.2 Å². The molecule has 0 spiro atoms. The number of hydrogen-bond acceptors (Lipinski definition) is 4. The second-order valence-electron chi connectivity index (χ2n) is 3.72. The summed E-state index contributed by atoms with van der Waals surface area (Å²) >= 11 is 0. The maximum atomic E-state index is 10.7. The molecule has 0 aliphatic rings. The first-order chi connectivity index (χ1) is 9.68. The van der Waals surface area contributed by atoms with Gasteiger partial charge < -0.3 is 10.5 Å². The van der Waals surface area contributed by atoms with E-state index >= 15 is 0 Å². The minimum absolute atomic E-state index is 0.0541. The maximum absolute atomic E-state index is 10.7. The molecule has 0 heterocycles. The minimum Gasteiger partial charge on any atom is -0.486 e. The number of hydrogen-bond donors (Lipinski definition) is 1. The number of ether oxygens (including phenoxy) is 1. The molecule has 0 unspecified atom stereocenters. The first-order valence-corrected chi connectivity index (χ1v) is 6.38. The summed E-state index contributed by atoms with van der Waals surface area (Å²) in [7, 11) is 0. The lowest BCUT2D eigenvalue weighted by molar-refractivity contribution is -0.384. The van der Waals surface area contributed by atoms with Crippen LogP contribution in [0, 0.1) is 10.1 Å². The van der Waals surface area contributed by atoms with Gasteiger partial charge in [0.15, 0.2) is 5.69 Å². The van der Waals surface area contributed by atoms with Crippen LogP contribution in [0.5, 0.6) is 5.75 Å². The number of nitro groups is 1. The number of nitrogen functional groups attached to an aromatic ring is 1. The van der Waals surface area contributed by atoms with Crippen LogP contribution in [-0.2, 0) is 6.61 Å². The quantitative estimate of drug-likeness (QED) is 0.522. The van der Waals surface area contributed by atoms with Gasteiger partial charge in [-0.3, -0.25) is 10.1 Å². The Hall–Kier alpha value is -2.56. The Morgan fingerprint density at radius 3 is 2.35 bits per heavy atom. The lowest BCUT2D eigenvalue weighted by Gasteiger charge is -2.08. The zero-order chi connectivity index (χ0) is 15.0. The number of nitrogens with zero attached hydrogens (tertiary/aromatic N) is 1. The van der Waals surface area contributed by atoms with Crippen molar-refractivity contribution in [2.24, 2.45) is 0 Å². The fourth-order valence-electron chi connectivity index (χ4n) is 1.55. The van der Waals surface area contributed by atoms with Gasteiger partial charge in [0.1, 0.15) is 12.4 Å². The van der Waals surface area contributed by atoms with Gasteiger partial charge in [-0.1, -0.05) is 50.2 Å². The summed E-state index contributed by atoms with van der Waals surface area (Å²) in [6.07, 6.45) is 0. The van der Waals surface area contributed by atoms with Crippen LogP contribution < -0.4 is 10.5 Å². The van der Waals surface area contributed by atoms with E-state index in [1.54, 1.807) is 12.1 Å². The number of anilines is 1. The summed E-state index contributed by atoms with van der Waals surface area (Å²) in [5.41, 5.74) is 6.57. The van der Waals surface area contributed by atoms with E-state index in [2.05, 4.69) is 0 Å². The van der Waals surface area contributed by atoms with Crippen molar-refractivity contribution in [3.63, 3.8) is 0 Å². The molecule has 0 bridgehead atoms. The molecular formula is C15H18N2O3. The normalized spacial score (nSPS) is 9.30. The van der Waals surface area contributed by atoms with Gasteiger partial charge in [-0.25, -0.2) is 0 Å². The topological polar surface area (TPSA) is 78.4 Å². The number of rotatable bonds is 4. The van der Waals surface area contributed by atoms with Gasteiger partial charge in [-0.05, 0) is 11.6 Å². The maximum Gasteiger partial charge on any atom is 0.295 e. The molecule has 0 fully saturated rings. The summed E-state index contributed by atoms with van der Waals surface area (Å²) < 4.78 is 5.48. The van der Waals surface area contributed by atoms with Crippen LogP contribution in [0.3, 0.4) is 0 Å². The lowest BCUT2D eigenvalue weighted by Crippen LogP contribution is -2.01. The summed E-state index contributed by atoms with van der Waals surface area (Å²) in [5, 5.41) is 10.7. The average molecular weight is 274 g/mol. The molecule has 0 saturated carbocycles. The molecule has 0 aliphatic carbocycles. The largest absolute Gasteiger partial charge is 0.486 e. The van der Waals surface area contributed by atoms with Gasteiger partial charge >= 0.3 is 0 Å². The standard InChI is InChI=1S/C13H12N2O3.C2H6/c14-13-11(15(16)17)7-4-8-12(13)18-9-10-5-2-1-3-6-10;1-2/h1-8H,9,14H2;1-2H3. The van der Waals surface area contributed by atoms with Gasteiger partial charge in [0.25, 0.3) is 5.69 Å². The van der Waals surface area contributed by atoms with Crippen LogP contribution in [-0.4, -0.2) is 4.92 Å². The van der Waals surface area contributed by atoms with Crippen LogP contribution in [0.25, 0.3) is 0 Å². The highest BCUT2D eigenvalue weighted by molar-refractivity contribution is 5.66. The number of nitro benzene ring substituents is 1. The molecular weight excluding hydrogens is 256 g/mol. The highest BCUT2D eigenvalue weighted by atomic mass is 16.6. The monoisotopic (exact) mass is 274 g/mol. The van der Waals surface area contributed by atoms with Crippen LogP contribution in [0.4, 0.5) is 11.4 Å². The zero-order valence-corrected chi connectivity index (χ0v) is 11.6. The first kappa shape index (κ1) is 15.5. The third-order valence-electron chi connectivity index (χ3n) is 2.48. The molecule has 0 aromatic heterocycles. The lowest BCUT2D eigenvalue weighted by atomic mass is 10.2. The Morgan fingerprint density at radius 1 is 1.10 bits per heavy atom. The van der Waals surface area contributed by atoms with Crippen molar-refractivity contribution >= 4 is 11.4 Å². The van der Waals surface area contributed by atoms with Crippen LogP contribution in [0.2, 0.25) is 0 Å². The molecule has 2 rings (SSSR count). The molecule has 2 N–H and O–H groups in total. The molecule has 5 heteroatoms. The van der Waals surface area contributed by atoms with Crippen molar-refractivity contribution in [3.05, 3.63) is 64.2 Å². The number of para-hydroxylation sites is 1. The van der Waals surface area contributed by atoms with Gasteiger partial charge in [-0.2, -0.15) is 0 Å². The molecule has 0 saturated heterocycles. The molecule has 0 aliphatic heterocycles. The second-order valence-corrected chi connectivity index (χ2v) is 3.72. The van der Waals surface area contributed by atoms with Crippen molar-refractivity contribution in [3.8, 4) is 5.75 Å². The summed E-state index contributed by atoms with van der Waals surface area (Å²) in [6, 6.07) is 14.0. The fraction of sp³-hybridized carbons (Fsp3) is 0.200. The highest BCUT2D eigenvalue weighted by Crippen LogP contribution is 2.31. The molecule has 0 radical (unpaired) electrons. The van der Waals surface area contributed by atoms with Crippen LogP contribution in [0.1, 0.15) is 19.4 Å². The van der Waals surface area contributed by atoms with Crippen molar-refractivity contribution in [2.75, 3.05) is 5.73 Å². The number of nitrogens with two attached hydrogens (primary N) is 1.